The number of likely N-dealkylation sites (tertiary alicyclic amines) is 1. The standard InChI is InChI=1S/C19H22N2O4/c1-20-15-7-5-12(9-11(15)6-8-16(20)22)18(23)21-10-13-3-2-4-14(13)17(21)19(24)25/h5,7,9,13-14,17H,2-4,6,8,10H2,1H3,(H,24,25)/t13-,14-,17+/m0/s1. The molecular weight excluding hydrogens is 320 g/mol. The van der Waals surface area contributed by atoms with E-state index in [0.717, 1.165) is 30.5 Å². The molecule has 0 bridgehead atoms. The number of carbonyl (C=O) groups is 3. The van der Waals surface area contributed by atoms with Gasteiger partial charge in [0.15, 0.2) is 0 Å². The Morgan fingerprint density at radius 2 is 2.00 bits per heavy atom. The third kappa shape index (κ3) is 2.51. The third-order valence-corrected chi connectivity index (χ3v) is 6.07. The van der Waals surface area contributed by atoms with Crippen molar-refractivity contribution >= 4 is 23.5 Å². The Morgan fingerprint density at radius 3 is 2.76 bits per heavy atom. The number of rotatable bonds is 2. The molecule has 1 N–H and O–H groups in total. The highest BCUT2D eigenvalue weighted by atomic mass is 16.4. The Morgan fingerprint density at radius 1 is 1.20 bits per heavy atom. The van der Waals surface area contributed by atoms with Crippen molar-refractivity contribution in [1.82, 2.24) is 4.90 Å². The van der Waals surface area contributed by atoms with Crippen molar-refractivity contribution in [2.75, 3.05) is 18.5 Å². The lowest BCUT2D eigenvalue weighted by atomic mass is 9.94. The maximum absolute atomic E-state index is 13.0. The van der Waals surface area contributed by atoms with Gasteiger partial charge in [-0.2, -0.15) is 0 Å². The fourth-order valence-corrected chi connectivity index (χ4v) is 4.79. The SMILES string of the molecule is CN1C(=O)CCc2cc(C(=O)N3C[C@@H]4CCC[C@@H]4[C@@H]3C(=O)O)ccc21. The van der Waals surface area contributed by atoms with Gasteiger partial charge in [0.05, 0.1) is 0 Å². The van der Waals surface area contributed by atoms with Crippen LogP contribution in [0.5, 0.6) is 0 Å². The number of carboxylic acids is 1. The lowest BCUT2D eigenvalue weighted by Crippen LogP contribution is -2.43. The molecule has 4 rings (SSSR count). The first-order chi connectivity index (χ1) is 12.0. The number of fused-ring (bicyclic) bond motifs is 2. The minimum atomic E-state index is -0.897. The predicted molar refractivity (Wildman–Crippen MR) is 91.5 cm³/mol. The molecule has 3 aliphatic rings. The van der Waals surface area contributed by atoms with Gasteiger partial charge in [-0.1, -0.05) is 6.42 Å². The van der Waals surface area contributed by atoms with Crippen molar-refractivity contribution in [1.29, 1.82) is 0 Å². The number of carboxylic acid groups (broad SMARTS) is 1. The summed E-state index contributed by atoms with van der Waals surface area (Å²) >= 11 is 0. The first kappa shape index (κ1) is 16.1. The van der Waals surface area contributed by atoms with E-state index in [0.29, 0.717) is 30.9 Å². The molecular formula is C19H22N2O4. The van der Waals surface area contributed by atoms with Crippen LogP contribution in [0.15, 0.2) is 18.2 Å². The topological polar surface area (TPSA) is 77.9 Å². The molecule has 0 radical (unpaired) electrons. The van der Waals surface area contributed by atoms with Crippen LogP contribution in [-0.2, 0) is 16.0 Å². The molecule has 1 aliphatic carbocycles. The van der Waals surface area contributed by atoms with Gasteiger partial charge in [0.2, 0.25) is 5.91 Å². The van der Waals surface area contributed by atoms with Crippen molar-refractivity contribution in [2.24, 2.45) is 11.8 Å². The highest BCUT2D eigenvalue weighted by Gasteiger charge is 2.49. The normalized spacial score (nSPS) is 28.0. The van der Waals surface area contributed by atoms with E-state index in [-0.39, 0.29) is 17.7 Å². The van der Waals surface area contributed by atoms with Gasteiger partial charge in [-0.25, -0.2) is 4.79 Å². The van der Waals surface area contributed by atoms with E-state index in [1.807, 2.05) is 6.07 Å². The second-order valence-electron chi connectivity index (χ2n) is 7.39. The Kier molecular flexibility index (Phi) is 3.78. The average molecular weight is 342 g/mol. The van der Waals surface area contributed by atoms with Gasteiger partial charge in [0, 0.05) is 31.3 Å². The summed E-state index contributed by atoms with van der Waals surface area (Å²) < 4.78 is 0. The predicted octanol–water partition coefficient (Wildman–Crippen LogP) is 1.92. The van der Waals surface area contributed by atoms with E-state index in [1.165, 1.54) is 0 Å². The fraction of sp³-hybridized carbons (Fsp3) is 0.526. The molecule has 0 spiro atoms. The first-order valence-corrected chi connectivity index (χ1v) is 8.90. The van der Waals surface area contributed by atoms with Crippen molar-refractivity contribution in [3.05, 3.63) is 29.3 Å². The number of aliphatic carboxylic acids is 1. The summed E-state index contributed by atoms with van der Waals surface area (Å²) in [5.74, 6) is -0.630. The Hall–Kier alpha value is -2.37. The van der Waals surface area contributed by atoms with E-state index in [1.54, 1.807) is 29.0 Å². The molecule has 6 heteroatoms. The Labute approximate surface area is 146 Å². The highest BCUT2D eigenvalue weighted by molar-refractivity contribution is 6.00. The number of anilines is 1. The number of carbonyl (C=O) groups excluding carboxylic acids is 2. The maximum Gasteiger partial charge on any atom is 0.326 e. The molecule has 2 aliphatic heterocycles. The summed E-state index contributed by atoms with van der Waals surface area (Å²) in [5.41, 5.74) is 2.33. The third-order valence-electron chi connectivity index (χ3n) is 6.07. The number of nitrogens with zero attached hydrogens (tertiary/aromatic N) is 2. The lowest BCUT2D eigenvalue weighted by Gasteiger charge is -2.28. The van der Waals surface area contributed by atoms with Crippen LogP contribution in [0.1, 0.15) is 41.6 Å². The summed E-state index contributed by atoms with van der Waals surface area (Å²) in [6, 6.07) is 4.63. The maximum atomic E-state index is 13.0. The largest absolute Gasteiger partial charge is 0.480 e. The summed E-state index contributed by atoms with van der Waals surface area (Å²) in [7, 11) is 1.74. The minimum Gasteiger partial charge on any atom is -0.480 e. The molecule has 0 unspecified atom stereocenters. The van der Waals surface area contributed by atoms with Gasteiger partial charge in [0.1, 0.15) is 6.04 Å². The number of benzene rings is 1. The summed E-state index contributed by atoms with van der Waals surface area (Å²) in [4.78, 5) is 39.7. The minimum absolute atomic E-state index is 0.0740. The Balaban J connectivity index is 1.63. The summed E-state index contributed by atoms with van der Waals surface area (Å²) in [5, 5.41) is 9.64. The van der Waals surface area contributed by atoms with Crippen LogP contribution in [0.2, 0.25) is 0 Å². The van der Waals surface area contributed by atoms with Crippen LogP contribution >= 0.6 is 0 Å². The van der Waals surface area contributed by atoms with E-state index in [4.69, 9.17) is 0 Å². The zero-order chi connectivity index (χ0) is 17.7. The van der Waals surface area contributed by atoms with E-state index in [2.05, 4.69) is 0 Å². The van der Waals surface area contributed by atoms with E-state index in [9.17, 15) is 19.5 Å². The van der Waals surface area contributed by atoms with Gasteiger partial charge in [-0.3, -0.25) is 9.59 Å². The number of amides is 2. The molecule has 1 aromatic rings. The molecule has 1 aromatic carbocycles. The summed E-state index contributed by atoms with van der Waals surface area (Å²) in [6.07, 6.45) is 4.01. The molecule has 2 heterocycles. The fourth-order valence-electron chi connectivity index (χ4n) is 4.79. The number of aryl methyl sites for hydroxylation is 1. The monoisotopic (exact) mass is 342 g/mol. The second kappa shape index (κ2) is 5.86. The van der Waals surface area contributed by atoms with Gasteiger partial charge in [-0.05, 0) is 54.9 Å². The van der Waals surface area contributed by atoms with E-state index < -0.39 is 12.0 Å². The molecule has 3 atom stereocenters. The zero-order valence-corrected chi connectivity index (χ0v) is 14.3. The van der Waals surface area contributed by atoms with Crippen LogP contribution < -0.4 is 4.90 Å². The van der Waals surface area contributed by atoms with Gasteiger partial charge in [-0.15, -0.1) is 0 Å². The molecule has 6 nitrogen and oxygen atoms in total. The van der Waals surface area contributed by atoms with Crippen LogP contribution in [0, 0.1) is 11.8 Å². The van der Waals surface area contributed by atoms with Crippen LogP contribution in [0.25, 0.3) is 0 Å². The van der Waals surface area contributed by atoms with E-state index >= 15 is 0 Å². The van der Waals surface area contributed by atoms with Crippen LogP contribution in [0.4, 0.5) is 5.69 Å². The first-order valence-electron chi connectivity index (χ1n) is 8.90. The van der Waals surface area contributed by atoms with Crippen molar-refractivity contribution in [3.63, 3.8) is 0 Å². The molecule has 25 heavy (non-hydrogen) atoms. The number of hydrogen-bond acceptors (Lipinski definition) is 3. The molecule has 0 aromatic heterocycles. The molecule has 2 amide bonds. The molecule has 132 valence electrons. The van der Waals surface area contributed by atoms with Crippen LogP contribution in [-0.4, -0.2) is 47.4 Å². The van der Waals surface area contributed by atoms with Crippen molar-refractivity contribution in [3.8, 4) is 0 Å². The quantitative estimate of drug-likeness (QED) is 0.891. The molecule has 2 fully saturated rings. The second-order valence-corrected chi connectivity index (χ2v) is 7.39. The zero-order valence-electron chi connectivity index (χ0n) is 14.3. The van der Waals surface area contributed by atoms with Gasteiger partial charge >= 0.3 is 5.97 Å². The van der Waals surface area contributed by atoms with Crippen LogP contribution in [0.3, 0.4) is 0 Å². The lowest BCUT2D eigenvalue weighted by molar-refractivity contribution is -0.142. The molecule has 1 saturated heterocycles. The van der Waals surface area contributed by atoms with Crippen molar-refractivity contribution in [2.45, 2.75) is 38.1 Å². The van der Waals surface area contributed by atoms with Gasteiger partial charge < -0.3 is 14.9 Å². The smallest absolute Gasteiger partial charge is 0.326 e. The highest BCUT2D eigenvalue weighted by Crippen LogP contribution is 2.43. The van der Waals surface area contributed by atoms with Gasteiger partial charge in [0.25, 0.3) is 5.91 Å². The summed E-state index contributed by atoms with van der Waals surface area (Å²) in [6.45, 7) is 0.538. The number of hydrogen-bond donors (Lipinski definition) is 1. The average Bonchev–Trinajstić information content (AvgIpc) is 3.17. The van der Waals surface area contributed by atoms with Crippen molar-refractivity contribution < 1.29 is 19.5 Å². The Bertz CT molecular complexity index is 760. The molecule has 1 saturated carbocycles.